The molecular formula is C39H52O12S2. The van der Waals surface area contributed by atoms with Gasteiger partial charge in [-0.2, -0.15) is 0 Å². The quantitative estimate of drug-likeness (QED) is 0.161. The fraction of sp³-hybridized carbons (Fsp3) is 0.692. The summed E-state index contributed by atoms with van der Waals surface area (Å²) in [7, 11) is 3.12. The molecular weight excluding hydrogens is 725 g/mol. The smallest absolute Gasteiger partial charge is 0.335 e. The number of carboxylic acids is 1. The van der Waals surface area contributed by atoms with E-state index in [0.717, 1.165) is 18.6 Å². The van der Waals surface area contributed by atoms with E-state index in [2.05, 4.69) is 0 Å². The molecule has 0 bridgehead atoms. The molecule has 2 aromatic rings. The van der Waals surface area contributed by atoms with Crippen LogP contribution in [0.4, 0.5) is 0 Å². The minimum atomic E-state index is -1.71. The maximum absolute atomic E-state index is 12.5. The van der Waals surface area contributed by atoms with Crippen molar-refractivity contribution < 1.29 is 59.2 Å². The van der Waals surface area contributed by atoms with Crippen LogP contribution in [0.5, 0.6) is 11.5 Å². The zero-order valence-corrected chi connectivity index (χ0v) is 32.0. The standard InChI is InChI=1S/C39H52O12S2/c1-21-11-24-12-25(35(46)47)13-27(30(24)32(43)29(21)22(2)42)50-36-33(44)34(45)39(28(16-41)51-36)8-5-23-14-37(6-3-4-7-37)15-26-17-48-18-38(9-10-40,31(23)26)19-52-53-20-49-39/h11-13,23,26,28,31,33-34,36,40-41,43-45H,3-10,14-20H2,1-2H3,(H,46,47)/t23-,26+,28+,31+,33+,34+,36-,38+,39-/m0/s1. The summed E-state index contributed by atoms with van der Waals surface area (Å²) in [5, 5.41) is 66.6. The fourth-order valence-electron chi connectivity index (χ4n) is 11.0. The molecule has 5 fully saturated rings. The van der Waals surface area contributed by atoms with E-state index in [1.165, 1.54) is 55.5 Å². The first-order valence-corrected chi connectivity index (χ1v) is 21.3. The maximum Gasteiger partial charge on any atom is 0.335 e. The van der Waals surface area contributed by atoms with Crippen LogP contribution < -0.4 is 4.74 Å². The number of aromatic carboxylic acids is 1. The Morgan fingerprint density at radius 1 is 1.04 bits per heavy atom. The number of aromatic hydroxyl groups is 1. The average molecular weight is 777 g/mol. The van der Waals surface area contributed by atoms with Gasteiger partial charge in [-0.1, -0.05) is 40.5 Å². The molecule has 3 aliphatic heterocycles. The lowest BCUT2D eigenvalue weighted by atomic mass is 9.51. The molecule has 12 nitrogen and oxygen atoms in total. The Bertz CT molecular complexity index is 1690. The number of ketones is 1. The highest BCUT2D eigenvalue weighted by molar-refractivity contribution is 8.76. The van der Waals surface area contributed by atoms with Crippen molar-refractivity contribution in [1.29, 1.82) is 0 Å². The number of benzene rings is 2. The number of carbonyl (C=O) groups excluding carboxylic acids is 1. The number of aliphatic hydroxyl groups is 4. The van der Waals surface area contributed by atoms with E-state index < -0.39 is 54.3 Å². The molecule has 292 valence electrons. The van der Waals surface area contributed by atoms with E-state index in [9.17, 15) is 40.2 Å². The Hall–Kier alpha value is -2.14. The summed E-state index contributed by atoms with van der Waals surface area (Å²) in [5.74, 6) is -0.465. The number of Topliss-reactive ketones (excluding diaryl/α,β-unsaturated/α-hetero) is 1. The molecule has 2 aromatic carbocycles. The summed E-state index contributed by atoms with van der Waals surface area (Å²) >= 11 is 0. The Labute approximate surface area is 317 Å². The first-order valence-electron chi connectivity index (χ1n) is 18.8. The first-order chi connectivity index (χ1) is 25.4. The van der Waals surface area contributed by atoms with E-state index in [4.69, 9.17) is 18.9 Å². The Morgan fingerprint density at radius 3 is 2.49 bits per heavy atom. The number of aryl methyl sites for hydroxylation is 1. The second-order valence-electron chi connectivity index (χ2n) is 16.2. The van der Waals surface area contributed by atoms with Crippen LogP contribution in [0.3, 0.4) is 0 Å². The van der Waals surface area contributed by atoms with Crippen LogP contribution in [0.1, 0.15) is 91.0 Å². The number of hydrogen-bond acceptors (Lipinski definition) is 13. The molecule has 0 amide bonds. The van der Waals surface area contributed by atoms with Crippen LogP contribution in [0, 0.1) is 35.5 Å². The summed E-state index contributed by atoms with van der Waals surface area (Å²) in [4.78, 5) is 24.6. The molecule has 2 saturated carbocycles. The zero-order valence-electron chi connectivity index (χ0n) is 30.3. The lowest BCUT2D eigenvalue weighted by Crippen LogP contribution is -2.69. The van der Waals surface area contributed by atoms with Crippen molar-refractivity contribution in [1.82, 2.24) is 0 Å². The minimum absolute atomic E-state index is 0.0424. The monoisotopic (exact) mass is 776 g/mol. The number of carbonyl (C=O) groups is 2. The lowest BCUT2D eigenvalue weighted by molar-refractivity contribution is -0.323. The molecule has 5 aliphatic rings. The largest absolute Gasteiger partial charge is 0.506 e. The van der Waals surface area contributed by atoms with Gasteiger partial charge in [-0.15, -0.1) is 0 Å². The molecule has 0 radical (unpaired) electrons. The summed E-state index contributed by atoms with van der Waals surface area (Å²) in [6.07, 6.45) is 2.44. The van der Waals surface area contributed by atoms with Crippen LogP contribution in [-0.2, 0) is 14.2 Å². The number of aliphatic hydroxyl groups excluding tert-OH is 4. The normalized spacial score (nSPS) is 35.8. The van der Waals surface area contributed by atoms with E-state index in [1.807, 2.05) is 0 Å². The third-order valence-corrected chi connectivity index (χ3v) is 15.4. The number of phenols is 1. The van der Waals surface area contributed by atoms with Crippen molar-refractivity contribution in [2.24, 2.45) is 28.6 Å². The zero-order chi connectivity index (χ0) is 37.7. The fourth-order valence-corrected chi connectivity index (χ4v) is 13.4. The van der Waals surface area contributed by atoms with Crippen molar-refractivity contribution in [3.63, 3.8) is 0 Å². The Balaban J connectivity index is 1.23. The second kappa shape index (κ2) is 15.4. The van der Waals surface area contributed by atoms with Gasteiger partial charge in [0.1, 0.15) is 41.4 Å². The van der Waals surface area contributed by atoms with E-state index in [-0.39, 0.29) is 58.0 Å². The average Bonchev–Trinajstić information content (AvgIpc) is 3.55. The molecule has 53 heavy (non-hydrogen) atoms. The van der Waals surface area contributed by atoms with Gasteiger partial charge in [0.2, 0.25) is 6.29 Å². The van der Waals surface area contributed by atoms with Gasteiger partial charge < -0.3 is 49.6 Å². The van der Waals surface area contributed by atoms with Crippen LogP contribution in [-0.4, -0.2) is 111 Å². The van der Waals surface area contributed by atoms with Crippen LogP contribution in [0.25, 0.3) is 10.8 Å². The lowest BCUT2D eigenvalue weighted by Gasteiger charge is -2.58. The number of fused-ring (bicyclic) bond motifs is 1. The van der Waals surface area contributed by atoms with E-state index in [0.29, 0.717) is 48.8 Å². The molecule has 14 heteroatoms. The summed E-state index contributed by atoms with van der Waals surface area (Å²) < 4.78 is 25.3. The number of ether oxygens (including phenoxy) is 4. The maximum atomic E-state index is 12.5. The van der Waals surface area contributed by atoms with Gasteiger partial charge in [-0.05, 0) is 105 Å². The van der Waals surface area contributed by atoms with Gasteiger partial charge >= 0.3 is 5.97 Å². The third kappa shape index (κ3) is 6.99. The molecule has 6 N–H and O–H groups in total. The van der Waals surface area contributed by atoms with Crippen molar-refractivity contribution in [3.05, 3.63) is 34.9 Å². The van der Waals surface area contributed by atoms with Crippen molar-refractivity contribution in [3.8, 4) is 11.5 Å². The van der Waals surface area contributed by atoms with Gasteiger partial charge in [0, 0.05) is 24.4 Å². The van der Waals surface area contributed by atoms with Crippen LogP contribution in [0.2, 0.25) is 0 Å². The van der Waals surface area contributed by atoms with Crippen molar-refractivity contribution >= 4 is 44.1 Å². The summed E-state index contributed by atoms with van der Waals surface area (Å²) in [6, 6.07) is 4.10. The predicted octanol–water partition coefficient (Wildman–Crippen LogP) is 5.06. The van der Waals surface area contributed by atoms with Gasteiger partial charge in [0.15, 0.2) is 5.78 Å². The molecule has 3 heterocycles. The topological polar surface area (TPSA) is 192 Å². The predicted molar refractivity (Wildman–Crippen MR) is 199 cm³/mol. The van der Waals surface area contributed by atoms with E-state index in [1.54, 1.807) is 23.8 Å². The highest BCUT2D eigenvalue weighted by atomic mass is 33.1. The number of hydrogen-bond donors (Lipinski definition) is 6. The van der Waals surface area contributed by atoms with Crippen molar-refractivity contribution in [2.75, 3.05) is 38.1 Å². The molecule has 9 atom stereocenters. The minimum Gasteiger partial charge on any atom is -0.506 e. The highest BCUT2D eigenvalue weighted by Gasteiger charge is 2.60. The third-order valence-electron chi connectivity index (χ3n) is 13.1. The summed E-state index contributed by atoms with van der Waals surface area (Å²) in [6.45, 7) is 3.72. The molecule has 2 aliphatic carbocycles. The number of rotatable bonds is 7. The number of carboxylic acid groups (broad SMARTS) is 1. The summed E-state index contributed by atoms with van der Waals surface area (Å²) in [5.41, 5.74) is -1.18. The van der Waals surface area contributed by atoms with Gasteiger partial charge in [0.05, 0.1) is 29.7 Å². The molecule has 2 spiro atoms. The van der Waals surface area contributed by atoms with E-state index >= 15 is 0 Å². The van der Waals surface area contributed by atoms with Gasteiger partial charge in [-0.25, -0.2) is 4.79 Å². The SMILES string of the molecule is CC(=O)c1c(C)cc2cc(C(=O)O)cc(O[C@H]3O[C@H](CO)[C@@]4(CC[C@H]5CC6(CCCC6)C[C@@H]6COC[C@](CCO)(CSSCO4)[C@H]56)[C@H](O)[C@H]3O)c2c1O. The Kier molecular flexibility index (Phi) is 11.4. The Morgan fingerprint density at radius 2 is 1.79 bits per heavy atom. The van der Waals surface area contributed by atoms with Crippen LogP contribution in [0.15, 0.2) is 18.2 Å². The number of phenolic OH excluding ortho intramolecular Hbond substituents is 1. The molecule has 7 rings (SSSR count). The molecule has 0 unspecified atom stereocenters. The van der Waals surface area contributed by atoms with Gasteiger partial charge in [-0.3, -0.25) is 4.79 Å². The molecule has 0 aromatic heterocycles. The first kappa shape index (κ1) is 39.1. The molecule has 3 saturated heterocycles. The van der Waals surface area contributed by atoms with Crippen molar-refractivity contribution in [2.45, 2.75) is 102 Å². The second-order valence-corrected chi connectivity index (χ2v) is 18.6. The highest BCUT2D eigenvalue weighted by Crippen LogP contribution is 2.62. The van der Waals surface area contributed by atoms with Gasteiger partial charge in [0.25, 0.3) is 0 Å². The van der Waals surface area contributed by atoms with Crippen LogP contribution >= 0.6 is 21.6 Å².